The fraction of sp³-hybridized carbons (Fsp3) is 0.0769. The van der Waals surface area contributed by atoms with Crippen molar-refractivity contribution in [2.45, 2.75) is 6.92 Å². The molecule has 0 spiro atoms. The van der Waals surface area contributed by atoms with Crippen LogP contribution in [0.1, 0.15) is 5.56 Å². The van der Waals surface area contributed by atoms with E-state index in [1.54, 1.807) is 12.3 Å². The number of aromatic nitrogens is 3. The summed E-state index contributed by atoms with van der Waals surface area (Å²) in [4.78, 5) is 11.8. The molecule has 0 aliphatic heterocycles. The summed E-state index contributed by atoms with van der Waals surface area (Å²) in [5, 5.41) is 0.459. The van der Waals surface area contributed by atoms with Gasteiger partial charge in [-0.1, -0.05) is 35.9 Å². The van der Waals surface area contributed by atoms with Crippen molar-refractivity contribution in [2.75, 3.05) is 0 Å². The van der Waals surface area contributed by atoms with E-state index in [-0.39, 0.29) is 0 Å². The number of pyridine rings is 1. The minimum atomic E-state index is 0.459. The topological polar surface area (TPSA) is 41.6 Å². The first-order chi connectivity index (χ1) is 8.24. The zero-order valence-electron chi connectivity index (χ0n) is 9.24. The molecule has 2 heterocycles. The molecule has 0 radical (unpaired) electrons. The van der Waals surface area contributed by atoms with Gasteiger partial charge in [-0.2, -0.15) is 0 Å². The van der Waals surface area contributed by atoms with Crippen LogP contribution >= 0.6 is 11.6 Å². The highest BCUT2D eigenvalue weighted by molar-refractivity contribution is 6.29. The van der Waals surface area contributed by atoms with Gasteiger partial charge in [0.25, 0.3) is 0 Å². The van der Waals surface area contributed by atoms with Crippen molar-refractivity contribution in [3.63, 3.8) is 0 Å². The number of hydrogen-bond donors (Lipinski definition) is 1. The molecule has 3 rings (SSSR count). The predicted molar refractivity (Wildman–Crippen MR) is 69.1 cm³/mol. The number of aryl methyl sites for hydroxylation is 1. The first-order valence-electron chi connectivity index (χ1n) is 5.31. The number of hydrogen-bond acceptors (Lipinski definition) is 2. The van der Waals surface area contributed by atoms with Crippen LogP contribution in [0.15, 0.2) is 36.5 Å². The van der Waals surface area contributed by atoms with E-state index in [1.165, 1.54) is 5.56 Å². The predicted octanol–water partition coefficient (Wildman–Crippen LogP) is 3.59. The summed E-state index contributed by atoms with van der Waals surface area (Å²) in [6.45, 7) is 2.06. The van der Waals surface area contributed by atoms with E-state index in [2.05, 4.69) is 27.9 Å². The molecular formula is C13H10ClN3. The second-order valence-electron chi connectivity index (χ2n) is 3.92. The van der Waals surface area contributed by atoms with Crippen LogP contribution in [0, 0.1) is 6.92 Å². The van der Waals surface area contributed by atoms with Gasteiger partial charge < -0.3 is 4.98 Å². The Morgan fingerprint density at radius 2 is 2.06 bits per heavy atom. The van der Waals surface area contributed by atoms with E-state index in [0.717, 1.165) is 22.4 Å². The minimum Gasteiger partial charge on any atom is -0.337 e. The molecule has 0 bridgehead atoms. The molecule has 0 fully saturated rings. The Morgan fingerprint density at radius 1 is 1.24 bits per heavy atom. The summed E-state index contributed by atoms with van der Waals surface area (Å²) in [5.74, 6) is 0.849. The summed E-state index contributed by atoms with van der Waals surface area (Å²) in [6, 6.07) is 9.88. The summed E-state index contributed by atoms with van der Waals surface area (Å²) in [7, 11) is 0. The van der Waals surface area contributed by atoms with Gasteiger partial charge in [-0.25, -0.2) is 9.97 Å². The molecule has 0 unspecified atom stereocenters. The van der Waals surface area contributed by atoms with E-state index in [9.17, 15) is 0 Å². The Morgan fingerprint density at radius 3 is 2.88 bits per heavy atom. The van der Waals surface area contributed by atoms with Crippen molar-refractivity contribution in [2.24, 2.45) is 0 Å². The molecule has 3 aromatic rings. The lowest BCUT2D eigenvalue weighted by molar-refractivity contribution is 1.30. The average molecular weight is 244 g/mol. The van der Waals surface area contributed by atoms with Gasteiger partial charge in [0.15, 0.2) is 0 Å². The van der Waals surface area contributed by atoms with Crippen LogP contribution in [0.5, 0.6) is 0 Å². The fourth-order valence-electron chi connectivity index (χ4n) is 1.85. The lowest BCUT2D eigenvalue weighted by Gasteiger charge is -2.00. The van der Waals surface area contributed by atoms with E-state index < -0.39 is 0 Å². The van der Waals surface area contributed by atoms with Gasteiger partial charge in [-0.15, -0.1) is 0 Å². The fourth-order valence-corrected chi connectivity index (χ4v) is 2.00. The van der Waals surface area contributed by atoms with Crippen LogP contribution in [0.25, 0.3) is 22.4 Å². The lowest BCUT2D eigenvalue weighted by atomic mass is 10.1. The zero-order chi connectivity index (χ0) is 11.8. The van der Waals surface area contributed by atoms with Crippen molar-refractivity contribution < 1.29 is 0 Å². The lowest BCUT2D eigenvalue weighted by Crippen LogP contribution is -1.83. The number of aromatic amines is 1. The van der Waals surface area contributed by atoms with Gasteiger partial charge in [0.2, 0.25) is 0 Å². The molecule has 0 amide bonds. The Balaban J connectivity index is 2.22. The number of halogens is 1. The number of H-pyrrole nitrogens is 1. The van der Waals surface area contributed by atoms with E-state index in [4.69, 9.17) is 11.6 Å². The number of imidazole rings is 1. The highest BCUT2D eigenvalue weighted by Crippen LogP contribution is 2.23. The SMILES string of the molecule is Cc1ccccc1-c1nc2cc(Cl)ncc2[nH]1. The van der Waals surface area contributed by atoms with Crippen LogP contribution in [0.3, 0.4) is 0 Å². The molecule has 1 N–H and O–H groups in total. The summed E-state index contributed by atoms with van der Waals surface area (Å²) < 4.78 is 0. The van der Waals surface area contributed by atoms with Crippen molar-refractivity contribution in [1.82, 2.24) is 15.0 Å². The molecular weight excluding hydrogens is 234 g/mol. The van der Waals surface area contributed by atoms with E-state index in [0.29, 0.717) is 5.15 Å². The van der Waals surface area contributed by atoms with Gasteiger partial charge in [0.05, 0.1) is 17.2 Å². The van der Waals surface area contributed by atoms with Crippen molar-refractivity contribution >= 4 is 22.6 Å². The van der Waals surface area contributed by atoms with Crippen LogP contribution in [-0.4, -0.2) is 15.0 Å². The first-order valence-corrected chi connectivity index (χ1v) is 5.69. The number of nitrogens with zero attached hydrogens (tertiary/aromatic N) is 2. The Hall–Kier alpha value is -1.87. The second kappa shape index (κ2) is 3.86. The molecule has 4 heteroatoms. The zero-order valence-corrected chi connectivity index (χ0v) is 9.99. The highest BCUT2D eigenvalue weighted by Gasteiger charge is 2.07. The largest absolute Gasteiger partial charge is 0.337 e. The minimum absolute atomic E-state index is 0.459. The molecule has 84 valence electrons. The Bertz CT molecular complexity index is 688. The molecule has 0 atom stereocenters. The third-order valence-electron chi connectivity index (χ3n) is 2.73. The van der Waals surface area contributed by atoms with E-state index >= 15 is 0 Å². The molecule has 0 saturated heterocycles. The number of rotatable bonds is 1. The molecule has 0 aliphatic carbocycles. The van der Waals surface area contributed by atoms with Gasteiger partial charge >= 0.3 is 0 Å². The third-order valence-corrected chi connectivity index (χ3v) is 2.94. The van der Waals surface area contributed by atoms with Crippen LogP contribution in [-0.2, 0) is 0 Å². The first kappa shape index (κ1) is 10.3. The molecule has 17 heavy (non-hydrogen) atoms. The normalized spacial score (nSPS) is 10.9. The summed E-state index contributed by atoms with van der Waals surface area (Å²) in [6.07, 6.45) is 1.70. The van der Waals surface area contributed by atoms with Crippen LogP contribution in [0.2, 0.25) is 5.15 Å². The summed E-state index contributed by atoms with van der Waals surface area (Å²) in [5.41, 5.74) is 4.02. The standard InChI is InChI=1S/C13H10ClN3/c1-8-4-2-3-5-9(8)13-16-10-6-12(14)15-7-11(10)17-13/h2-7H,1H3,(H,16,17). The highest BCUT2D eigenvalue weighted by atomic mass is 35.5. The number of benzene rings is 1. The summed E-state index contributed by atoms with van der Waals surface area (Å²) >= 11 is 5.84. The maximum atomic E-state index is 5.84. The second-order valence-corrected chi connectivity index (χ2v) is 4.31. The van der Waals surface area contributed by atoms with Crippen LogP contribution < -0.4 is 0 Å². The van der Waals surface area contributed by atoms with Crippen molar-refractivity contribution in [1.29, 1.82) is 0 Å². The molecule has 3 nitrogen and oxygen atoms in total. The Kier molecular flexibility index (Phi) is 2.34. The Labute approximate surface area is 103 Å². The van der Waals surface area contributed by atoms with E-state index in [1.807, 2.05) is 18.2 Å². The van der Waals surface area contributed by atoms with Gasteiger partial charge in [-0.3, -0.25) is 0 Å². The van der Waals surface area contributed by atoms with Gasteiger partial charge in [0.1, 0.15) is 11.0 Å². The number of fused-ring (bicyclic) bond motifs is 1. The van der Waals surface area contributed by atoms with Crippen molar-refractivity contribution in [3.8, 4) is 11.4 Å². The maximum Gasteiger partial charge on any atom is 0.138 e. The average Bonchev–Trinajstić information content (AvgIpc) is 2.72. The van der Waals surface area contributed by atoms with Crippen LogP contribution in [0.4, 0.5) is 0 Å². The molecule has 1 aromatic carbocycles. The molecule has 0 aliphatic rings. The number of nitrogens with one attached hydrogen (secondary N) is 1. The third kappa shape index (κ3) is 1.78. The maximum absolute atomic E-state index is 5.84. The monoisotopic (exact) mass is 243 g/mol. The molecule has 0 saturated carbocycles. The smallest absolute Gasteiger partial charge is 0.138 e. The quantitative estimate of drug-likeness (QED) is 0.664. The van der Waals surface area contributed by atoms with Crippen molar-refractivity contribution in [3.05, 3.63) is 47.2 Å². The van der Waals surface area contributed by atoms with Gasteiger partial charge in [-0.05, 0) is 12.5 Å². The van der Waals surface area contributed by atoms with Gasteiger partial charge in [0, 0.05) is 11.6 Å². The molecule has 2 aromatic heterocycles.